The number of hydrogen-bond donors (Lipinski definition) is 2. The highest BCUT2D eigenvalue weighted by Crippen LogP contribution is 2.19. The zero-order valence-corrected chi connectivity index (χ0v) is 17.5. The number of halogens is 1. The molecule has 0 saturated heterocycles. The Labute approximate surface area is 158 Å². The van der Waals surface area contributed by atoms with Gasteiger partial charge in [0.05, 0.1) is 18.5 Å². The highest BCUT2D eigenvalue weighted by molar-refractivity contribution is 14.0. The van der Waals surface area contributed by atoms with Crippen LogP contribution in [0.2, 0.25) is 0 Å². The van der Waals surface area contributed by atoms with Gasteiger partial charge >= 0.3 is 0 Å². The summed E-state index contributed by atoms with van der Waals surface area (Å²) in [5, 5.41) is 6.16. The molecule has 0 radical (unpaired) electrons. The van der Waals surface area contributed by atoms with Gasteiger partial charge in [0.1, 0.15) is 0 Å². The van der Waals surface area contributed by atoms with Crippen molar-refractivity contribution in [1.29, 1.82) is 0 Å². The fourth-order valence-electron chi connectivity index (χ4n) is 2.49. The molecule has 0 heterocycles. The molecule has 1 aliphatic rings. The quantitative estimate of drug-likeness (QED) is 0.190. The molecule has 1 aliphatic carbocycles. The molecule has 0 spiro atoms. The average molecular weight is 461 g/mol. The number of ether oxygens (including phenoxy) is 1. The Morgan fingerprint density at radius 2 is 1.74 bits per heavy atom. The molecule has 0 unspecified atom stereocenters. The Balaban J connectivity index is 0.00000484. The molecule has 0 aromatic rings. The summed E-state index contributed by atoms with van der Waals surface area (Å²) in [7, 11) is -1.26. The van der Waals surface area contributed by atoms with Crippen molar-refractivity contribution in [2.45, 2.75) is 51.6 Å². The molecule has 0 aromatic carbocycles. The molecule has 6 nitrogen and oxygen atoms in total. The summed E-state index contributed by atoms with van der Waals surface area (Å²) >= 11 is 0. The standard InChI is InChI=1S/C15H31N3O3S.HI/c1-3-22(19,20)13-11-18-15(16-2)17-10-12-21-14-8-6-4-5-7-9-14;/h14H,3-13H2,1-2H3,(H2,16,17,18);1H. The Morgan fingerprint density at radius 1 is 1.13 bits per heavy atom. The van der Waals surface area contributed by atoms with Crippen LogP contribution in [0.25, 0.3) is 0 Å². The van der Waals surface area contributed by atoms with Gasteiger partial charge in [-0.25, -0.2) is 8.42 Å². The first-order valence-electron chi connectivity index (χ1n) is 8.34. The second-order valence-electron chi connectivity index (χ2n) is 5.65. The SMILES string of the molecule is CCS(=O)(=O)CCNC(=NC)NCCOC1CCCCCC1.I. The van der Waals surface area contributed by atoms with Crippen LogP contribution in [0.1, 0.15) is 45.4 Å². The summed E-state index contributed by atoms with van der Waals surface area (Å²) < 4.78 is 28.7. The summed E-state index contributed by atoms with van der Waals surface area (Å²) in [5.74, 6) is 0.925. The van der Waals surface area contributed by atoms with Gasteiger partial charge in [-0.3, -0.25) is 4.99 Å². The predicted molar refractivity (Wildman–Crippen MR) is 107 cm³/mol. The Bertz CT molecular complexity index is 422. The minimum absolute atomic E-state index is 0. The third-order valence-corrected chi connectivity index (χ3v) is 5.62. The molecule has 0 aliphatic heterocycles. The van der Waals surface area contributed by atoms with Crippen molar-refractivity contribution in [3.63, 3.8) is 0 Å². The molecular weight excluding hydrogens is 429 g/mol. The van der Waals surface area contributed by atoms with Crippen LogP contribution in [0.5, 0.6) is 0 Å². The lowest BCUT2D eigenvalue weighted by Crippen LogP contribution is -2.41. The van der Waals surface area contributed by atoms with Crippen LogP contribution in [-0.4, -0.2) is 58.7 Å². The predicted octanol–water partition coefficient (Wildman–Crippen LogP) is 1.94. The monoisotopic (exact) mass is 461 g/mol. The van der Waals surface area contributed by atoms with E-state index in [0.717, 1.165) is 0 Å². The molecule has 0 amide bonds. The summed E-state index contributed by atoms with van der Waals surface area (Å²) in [5.41, 5.74) is 0. The minimum Gasteiger partial charge on any atom is -0.376 e. The van der Waals surface area contributed by atoms with Crippen molar-refractivity contribution >= 4 is 39.8 Å². The van der Waals surface area contributed by atoms with E-state index in [2.05, 4.69) is 15.6 Å². The summed E-state index contributed by atoms with van der Waals surface area (Å²) in [6.45, 7) is 3.36. The molecule has 0 aromatic heterocycles. The number of sulfone groups is 1. The molecule has 2 N–H and O–H groups in total. The van der Waals surface area contributed by atoms with Gasteiger partial charge in [-0.15, -0.1) is 24.0 Å². The maximum atomic E-state index is 11.4. The van der Waals surface area contributed by atoms with Gasteiger partial charge in [0, 0.05) is 25.9 Å². The van der Waals surface area contributed by atoms with Gasteiger partial charge in [-0.2, -0.15) is 0 Å². The lowest BCUT2D eigenvalue weighted by atomic mass is 10.1. The van der Waals surface area contributed by atoms with Crippen LogP contribution in [0.15, 0.2) is 4.99 Å². The van der Waals surface area contributed by atoms with Crippen LogP contribution in [0.4, 0.5) is 0 Å². The van der Waals surface area contributed by atoms with E-state index in [1.807, 2.05) is 0 Å². The Kier molecular flexibility index (Phi) is 13.2. The van der Waals surface area contributed by atoms with Crippen LogP contribution >= 0.6 is 24.0 Å². The van der Waals surface area contributed by atoms with Gasteiger partial charge in [0.15, 0.2) is 15.8 Å². The molecule has 1 fully saturated rings. The van der Waals surface area contributed by atoms with E-state index < -0.39 is 9.84 Å². The topological polar surface area (TPSA) is 79.8 Å². The maximum absolute atomic E-state index is 11.4. The number of rotatable bonds is 8. The van der Waals surface area contributed by atoms with Crippen molar-refractivity contribution in [2.24, 2.45) is 4.99 Å². The minimum atomic E-state index is -2.94. The maximum Gasteiger partial charge on any atom is 0.191 e. The zero-order valence-electron chi connectivity index (χ0n) is 14.3. The van der Waals surface area contributed by atoms with E-state index >= 15 is 0 Å². The fourth-order valence-corrected chi connectivity index (χ4v) is 3.20. The fraction of sp³-hybridized carbons (Fsp3) is 0.933. The number of hydrogen-bond acceptors (Lipinski definition) is 4. The molecule has 0 bridgehead atoms. The number of aliphatic imine (C=N–C) groups is 1. The molecule has 23 heavy (non-hydrogen) atoms. The van der Waals surface area contributed by atoms with Gasteiger partial charge in [0.2, 0.25) is 0 Å². The summed E-state index contributed by atoms with van der Waals surface area (Å²) in [6.07, 6.45) is 7.93. The molecule has 8 heteroatoms. The third-order valence-electron chi connectivity index (χ3n) is 3.92. The molecule has 138 valence electrons. The van der Waals surface area contributed by atoms with E-state index in [-0.39, 0.29) is 35.5 Å². The van der Waals surface area contributed by atoms with Gasteiger partial charge in [0.25, 0.3) is 0 Å². The summed E-state index contributed by atoms with van der Waals surface area (Å²) in [4.78, 5) is 4.08. The number of nitrogens with zero attached hydrogens (tertiary/aromatic N) is 1. The van der Waals surface area contributed by atoms with Crippen LogP contribution < -0.4 is 10.6 Å². The molecule has 0 atom stereocenters. The highest BCUT2D eigenvalue weighted by atomic mass is 127. The number of guanidine groups is 1. The van der Waals surface area contributed by atoms with E-state index in [9.17, 15) is 8.42 Å². The van der Waals surface area contributed by atoms with E-state index in [4.69, 9.17) is 4.74 Å². The Hall–Kier alpha value is -0.0900. The normalized spacial score (nSPS) is 17.2. The smallest absolute Gasteiger partial charge is 0.191 e. The van der Waals surface area contributed by atoms with Crippen molar-refractivity contribution in [3.05, 3.63) is 0 Å². The molecular formula is C15H32IN3O3S. The zero-order chi connectivity index (χ0) is 16.3. The highest BCUT2D eigenvalue weighted by Gasteiger charge is 2.12. The molecule has 1 saturated carbocycles. The second kappa shape index (κ2) is 13.2. The van der Waals surface area contributed by atoms with Crippen molar-refractivity contribution < 1.29 is 13.2 Å². The van der Waals surface area contributed by atoms with Gasteiger partial charge < -0.3 is 15.4 Å². The van der Waals surface area contributed by atoms with Gasteiger partial charge in [-0.05, 0) is 12.8 Å². The molecule has 1 rings (SSSR count). The van der Waals surface area contributed by atoms with Crippen LogP contribution in [-0.2, 0) is 14.6 Å². The first-order chi connectivity index (χ1) is 10.6. The summed E-state index contributed by atoms with van der Waals surface area (Å²) in [6, 6.07) is 0. The van der Waals surface area contributed by atoms with E-state index in [0.29, 0.717) is 31.8 Å². The first kappa shape index (κ1) is 22.9. The van der Waals surface area contributed by atoms with Crippen molar-refractivity contribution in [2.75, 3.05) is 38.2 Å². The van der Waals surface area contributed by atoms with E-state index in [1.54, 1.807) is 14.0 Å². The van der Waals surface area contributed by atoms with Gasteiger partial charge in [-0.1, -0.05) is 32.6 Å². The van der Waals surface area contributed by atoms with Crippen LogP contribution in [0, 0.1) is 0 Å². The lowest BCUT2D eigenvalue weighted by Gasteiger charge is -2.16. The van der Waals surface area contributed by atoms with E-state index in [1.165, 1.54) is 38.5 Å². The second-order valence-corrected chi connectivity index (χ2v) is 8.12. The van der Waals surface area contributed by atoms with Crippen LogP contribution in [0.3, 0.4) is 0 Å². The third kappa shape index (κ3) is 11.1. The largest absolute Gasteiger partial charge is 0.376 e. The van der Waals surface area contributed by atoms with Crippen molar-refractivity contribution in [1.82, 2.24) is 10.6 Å². The lowest BCUT2D eigenvalue weighted by molar-refractivity contribution is 0.0468. The first-order valence-corrected chi connectivity index (χ1v) is 10.2. The van der Waals surface area contributed by atoms with Crippen molar-refractivity contribution in [3.8, 4) is 0 Å². The Morgan fingerprint density at radius 3 is 2.30 bits per heavy atom. The average Bonchev–Trinajstić information content (AvgIpc) is 2.78. The number of nitrogens with one attached hydrogen (secondary N) is 2.